The summed E-state index contributed by atoms with van der Waals surface area (Å²) in [7, 11) is 0. The summed E-state index contributed by atoms with van der Waals surface area (Å²) in [5, 5.41) is 8.21. The van der Waals surface area contributed by atoms with Gasteiger partial charge in [0.25, 0.3) is 0 Å². The quantitative estimate of drug-likeness (QED) is 0.355. The molecule has 0 spiro atoms. The lowest BCUT2D eigenvalue weighted by Gasteiger charge is -2.19. The van der Waals surface area contributed by atoms with E-state index in [1.54, 1.807) is 30.0 Å². The average molecular weight is 458 g/mol. The Balaban J connectivity index is 1.58. The fourth-order valence-electron chi connectivity index (χ4n) is 3.44. The molecule has 0 unspecified atom stereocenters. The number of nitrogens with one attached hydrogen (secondary N) is 2. The molecule has 4 aromatic rings. The fourth-order valence-corrected chi connectivity index (χ4v) is 4.00. The number of nitrogens with two attached hydrogens (primary N) is 1. The third kappa shape index (κ3) is 6.09. The molecule has 2 amide bonds. The Bertz CT molecular complexity index is 1210. The summed E-state index contributed by atoms with van der Waals surface area (Å²) in [6, 6.07) is 18.1. The van der Waals surface area contributed by atoms with Crippen molar-refractivity contribution in [1.82, 2.24) is 15.3 Å². The third-order valence-electron chi connectivity index (χ3n) is 5.11. The molecular weight excluding hydrogens is 434 g/mol. The molecule has 0 fully saturated rings. The summed E-state index contributed by atoms with van der Waals surface area (Å²) >= 11 is 1.51. The largest absolute Gasteiger partial charge is 0.366 e. The molecule has 0 radical (unpaired) electrons. The molecule has 2 heterocycles. The highest BCUT2D eigenvalue weighted by molar-refractivity contribution is 7.07. The molecule has 166 valence electrons. The van der Waals surface area contributed by atoms with Crippen LogP contribution in [0.2, 0.25) is 0 Å². The van der Waals surface area contributed by atoms with Gasteiger partial charge in [-0.1, -0.05) is 30.3 Å². The number of aromatic nitrogens is 2. The van der Waals surface area contributed by atoms with Crippen LogP contribution >= 0.6 is 11.3 Å². The lowest BCUT2D eigenvalue weighted by Crippen LogP contribution is -2.42. The lowest BCUT2D eigenvalue weighted by molar-refractivity contribution is -0.118. The van der Waals surface area contributed by atoms with E-state index in [1.807, 2.05) is 53.9 Å². The first kappa shape index (κ1) is 22.3. The van der Waals surface area contributed by atoms with E-state index in [0.29, 0.717) is 24.2 Å². The van der Waals surface area contributed by atoms with Crippen molar-refractivity contribution >= 4 is 28.8 Å². The van der Waals surface area contributed by atoms with Gasteiger partial charge in [0.1, 0.15) is 0 Å². The molecule has 0 saturated carbocycles. The number of rotatable bonds is 9. The van der Waals surface area contributed by atoms with Gasteiger partial charge in [-0.25, -0.2) is 4.98 Å². The highest BCUT2D eigenvalue weighted by Gasteiger charge is 2.20. The number of thiazole rings is 1. The van der Waals surface area contributed by atoms with Crippen LogP contribution < -0.4 is 16.4 Å². The van der Waals surface area contributed by atoms with Crippen molar-refractivity contribution in [2.24, 2.45) is 5.73 Å². The van der Waals surface area contributed by atoms with Crippen molar-refractivity contribution in [1.29, 1.82) is 0 Å². The summed E-state index contributed by atoms with van der Waals surface area (Å²) in [5.74, 6) is -0.778. The van der Waals surface area contributed by atoms with Gasteiger partial charge in [0.15, 0.2) is 0 Å². The van der Waals surface area contributed by atoms with Gasteiger partial charge in [0, 0.05) is 35.6 Å². The van der Waals surface area contributed by atoms with Gasteiger partial charge in [-0.3, -0.25) is 19.9 Å². The van der Waals surface area contributed by atoms with E-state index < -0.39 is 11.9 Å². The van der Waals surface area contributed by atoms with Crippen LogP contribution in [-0.2, 0) is 17.8 Å². The van der Waals surface area contributed by atoms with Crippen LogP contribution in [0.15, 0.2) is 83.9 Å². The normalized spacial score (nSPS) is 11.6. The maximum Gasteiger partial charge on any atom is 0.248 e. The standard InChI is InChI=1S/C25H23N5O2S/c26-24(31)20-11-19(18-6-8-27-9-7-18)12-21(13-20)30-25(32)23(10-17-4-2-1-3-5-17)28-14-22-15-33-16-29-22/h1-9,11-13,15-16,23,28H,10,14H2,(H2,26,31)(H,30,32)/t23-/m0/s1. The Morgan fingerprint density at radius 1 is 1.00 bits per heavy atom. The second kappa shape index (κ2) is 10.6. The number of pyridine rings is 1. The van der Waals surface area contributed by atoms with Crippen LogP contribution in [0.25, 0.3) is 11.1 Å². The first-order valence-electron chi connectivity index (χ1n) is 10.4. The molecule has 2 aromatic heterocycles. The average Bonchev–Trinajstić information content (AvgIpc) is 3.36. The van der Waals surface area contributed by atoms with Gasteiger partial charge in [-0.15, -0.1) is 11.3 Å². The van der Waals surface area contributed by atoms with E-state index in [2.05, 4.69) is 20.6 Å². The van der Waals surface area contributed by atoms with Crippen molar-refractivity contribution in [3.8, 4) is 11.1 Å². The maximum absolute atomic E-state index is 13.3. The molecule has 33 heavy (non-hydrogen) atoms. The van der Waals surface area contributed by atoms with Crippen molar-refractivity contribution in [2.45, 2.75) is 19.0 Å². The summed E-state index contributed by atoms with van der Waals surface area (Å²) in [5.41, 5.74) is 11.7. The van der Waals surface area contributed by atoms with Crippen LogP contribution in [0.3, 0.4) is 0 Å². The zero-order chi connectivity index (χ0) is 23.0. The molecule has 4 N–H and O–H groups in total. The number of nitrogens with zero attached hydrogens (tertiary/aromatic N) is 2. The second-order valence-electron chi connectivity index (χ2n) is 7.49. The van der Waals surface area contributed by atoms with Crippen molar-refractivity contribution in [3.05, 3.63) is 101 Å². The van der Waals surface area contributed by atoms with Crippen LogP contribution in [-0.4, -0.2) is 27.8 Å². The number of amides is 2. The van der Waals surface area contributed by atoms with Crippen LogP contribution in [0.5, 0.6) is 0 Å². The summed E-state index contributed by atoms with van der Waals surface area (Å²) in [6.07, 6.45) is 3.84. The monoisotopic (exact) mass is 457 g/mol. The molecule has 0 saturated heterocycles. The Labute approximate surface area is 195 Å². The van der Waals surface area contributed by atoms with Gasteiger partial charge in [0.2, 0.25) is 11.8 Å². The third-order valence-corrected chi connectivity index (χ3v) is 5.75. The van der Waals surface area contributed by atoms with Gasteiger partial charge in [0.05, 0.1) is 17.2 Å². The van der Waals surface area contributed by atoms with E-state index in [9.17, 15) is 9.59 Å². The summed E-state index contributed by atoms with van der Waals surface area (Å²) in [6.45, 7) is 0.470. The molecule has 0 aliphatic heterocycles. The minimum atomic E-state index is -0.566. The molecule has 7 nitrogen and oxygen atoms in total. The molecule has 4 rings (SSSR count). The Hall–Kier alpha value is -3.88. The zero-order valence-corrected chi connectivity index (χ0v) is 18.6. The number of carbonyl (C=O) groups is 2. The number of benzene rings is 2. The van der Waals surface area contributed by atoms with Crippen LogP contribution in [0, 0.1) is 0 Å². The number of primary amides is 1. The summed E-state index contributed by atoms with van der Waals surface area (Å²) < 4.78 is 0. The molecule has 0 bridgehead atoms. The van der Waals surface area contributed by atoms with Gasteiger partial charge < -0.3 is 11.1 Å². The first-order chi connectivity index (χ1) is 16.1. The predicted molar refractivity (Wildman–Crippen MR) is 130 cm³/mol. The molecule has 8 heteroatoms. The highest BCUT2D eigenvalue weighted by Crippen LogP contribution is 2.25. The van der Waals surface area contributed by atoms with Gasteiger partial charge in [-0.2, -0.15) is 0 Å². The number of hydrogen-bond acceptors (Lipinski definition) is 6. The van der Waals surface area contributed by atoms with E-state index in [0.717, 1.165) is 22.4 Å². The Morgan fingerprint density at radius 2 is 1.79 bits per heavy atom. The molecule has 2 aromatic carbocycles. The van der Waals surface area contributed by atoms with Crippen molar-refractivity contribution in [3.63, 3.8) is 0 Å². The highest BCUT2D eigenvalue weighted by atomic mass is 32.1. The van der Waals surface area contributed by atoms with E-state index in [-0.39, 0.29) is 5.91 Å². The predicted octanol–water partition coefficient (Wildman–Crippen LogP) is 3.64. The topological polar surface area (TPSA) is 110 Å². The smallest absolute Gasteiger partial charge is 0.248 e. The first-order valence-corrected chi connectivity index (χ1v) is 11.3. The number of carbonyl (C=O) groups excluding carboxylic acids is 2. The van der Waals surface area contributed by atoms with Gasteiger partial charge in [-0.05, 0) is 53.4 Å². The molecular formula is C25H23N5O2S. The second-order valence-corrected chi connectivity index (χ2v) is 8.21. The Morgan fingerprint density at radius 3 is 2.48 bits per heavy atom. The van der Waals surface area contributed by atoms with Crippen LogP contribution in [0.4, 0.5) is 5.69 Å². The van der Waals surface area contributed by atoms with Crippen molar-refractivity contribution in [2.75, 3.05) is 5.32 Å². The number of anilines is 1. The molecule has 1 atom stereocenters. The minimum Gasteiger partial charge on any atom is -0.366 e. The summed E-state index contributed by atoms with van der Waals surface area (Å²) in [4.78, 5) is 33.5. The lowest BCUT2D eigenvalue weighted by atomic mass is 10.0. The van der Waals surface area contributed by atoms with E-state index >= 15 is 0 Å². The minimum absolute atomic E-state index is 0.212. The van der Waals surface area contributed by atoms with Gasteiger partial charge >= 0.3 is 0 Å². The molecule has 0 aliphatic rings. The molecule has 0 aliphatic carbocycles. The van der Waals surface area contributed by atoms with E-state index in [4.69, 9.17) is 5.73 Å². The van der Waals surface area contributed by atoms with E-state index in [1.165, 1.54) is 11.3 Å². The SMILES string of the molecule is NC(=O)c1cc(NC(=O)[C@H](Cc2ccccc2)NCc2cscn2)cc(-c2ccncc2)c1. The van der Waals surface area contributed by atoms with Crippen LogP contribution in [0.1, 0.15) is 21.6 Å². The van der Waals surface area contributed by atoms with Crippen molar-refractivity contribution < 1.29 is 9.59 Å². The zero-order valence-electron chi connectivity index (χ0n) is 17.8. The maximum atomic E-state index is 13.3. The Kier molecular flexibility index (Phi) is 7.19. The number of hydrogen-bond donors (Lipinski definition) is 3. The fraction of sp³-hybridized carbons (Fsp3) is 0.120.